The number of carbonyl (C=O) groups is 1. The normalized spacial score (nSPS) is 11.5. The van der Waals surface area contributed by atoms with Gasteiger partial charge in [0.2, 0.25) is 15.7 Å². The van der Waals surface area contributed by atoms with E-state index >= 15 is 0 Å². The van der Waals surface area contributed by atoms with Crippen LogP contribution < -0.4 is 11.1 Å². The number of amides is 1. The van der Waals surface area contributed by atoms with E-state index in [1.807, 2.05) is 6.92 Å². The summed E-state index contributed by atoms with van der Waals surface area (Å²) < 4.78 is 41.8. The highest BCUT2D eigenvalue weighted by Gasteiger charge is 2.29. The molecule has 3 aromatic rings. The summed E-state index contributed by atoms with van der Waals surface area (Å²) in [5, 5.41) is 6.77. The predicted octanol–water partition coefficient (Wildman–Crippen LogP) is 3.87. The van der Waals surface area contributed by atoms with Crippen LogP contribution in [0.2, 0.25) is 0 Å². The van der Waals surface area contributed by atoms with Crippen molar-refractivity contribution < 1.29 is 17.6 Å². The summed E-state index contributed by atoms with van der Waals surface area (Å²) in [5.74, 6) is -1.37. The first-order valence-electron chi connectivity index (χ1n) is 8.60. The van der Waals surface area contributed by atoms with Crippen molar-refractivity contribution in [3.63, 3.8) is 0 Å². The van der Waals surface area contributed by atoms with Crippen LogP contribution >= 0.6 is 27.7 Å². The van der Waals surface area contributed by atoms with Crippen LogP contribution in [0, 0.1) is 12.7 Å². The largest absolute Gasteiger partial charge is 0.383 e. The van der Waals surface area contributed by atoms with Crippen LogP contribution in [0.4, 0.5) is 15.9 Å². The summed E-state index contributed by atoms with van der Waals surface area (Å²) in [7, 11) is -3.94. The van der Waals surface area contributed by atoms with Crippen LogP contribution in [-0.2, 0) is 21.2 Å². The van der Waals surface area contributed by atoms with Crippen molar-refractivity contribution in [1.82, 2.24) is 9.78 Å². The quantitative estimate of drug-likeness (QED) is 0.485. The number of sulfone groups is 1. The van der Waals surface area contributed by atoms with Gasteiger partial charge in [0, 0.05) is 4.47 Å². The van der Waals surface area contributed by atoms with Gasteiger partial charge >= 0.3 is 0 Å². The SMILES string of the molecule is CSc1nn(CC(=O)Nc2ccc(Br)cc2F)c(N)c1S(=O)(=O)c1ccc(C)cc1. The van der Waals surface area contributed by atoms with Crippen LogP contribution in [0.1, 0.15) is 5.56 Å². The molecule has 1 aromatic heterocycles. The number of carbonyl (C=O) groups excluding carboxylic acids is 1. The van der Waals surface area contributed by atoms with Crippen molar-refractivity contribution in [2.75, 3.05) is 17.3 Å². The highest BCUT2D eigenvalue weighted by atomic mass is 79.9. The zero-order valence-corrected chi connectivity index (χ0v) is 19.2. The van der Waals surface area contributed by atoms with Gasteiger partial charge in [0.15, 0.2) is 0 Å². The van der Waals surface area contributed by atoms with Crippen LogP contribution in [0.25, 0.3) is 0 Å². The smallest absolute Gasteiger partial charge is 0.246 e. The first-order valence-corrected chi connectivity index (χ1v) is 12.1. The van der Waals surface area contributed by atoms with Gasteiger partial charge in [-0.1, -0.05) is 33.6 Å². The molecule has 2 aromatic carbocycles. The minimum Gasteiger partial charge on any atom is -0.383 e. The molecule has 0 saturated heterocycles. The maximum Gasteiger partial charge on any atom is 0.246 e. The van der Waals surface area contributed by atoms with Crippen LogP contribution in [0.3, 0.4) is 0 Å². The Balaban J connectivity index is 1.91. The fourth-order valence-electron chi connectivity index (χ4n) is 2.69. The van der Waals surface area contributed by atoms with Crippen LogP contribution in [0.15, 0.2) is 61.8 Å². The Morgan fingerprint density at radius 1 is 1.27 bits per heavy atom. The number of nitrogen functional groups attached to an aromatic ring is 1. The molecule has 0 fully saturated rings. The molecule has 7 nitrogen and oxygen atoms in total. The predicted molar refractivity (Wildman–Crippen MR) is 118 cm³/mol. The number of anilines is 2. The number of nitrogens with zero attached hydrogens (tertiary/aromatic N) is 2. The minimum absolute atomic E-state index is 0.00785. The van der Waals surface area contributed by atoms with Crippen molar-refractivity contribution in [2.45, 2.75) is 28.3 Å². The fraction of sp³-hybridized carbons (Fsp3) is 0.158. The zero-order valence-electron chi connectivity index (χ0n) is 16.0. The molecule has 3 N–H and O–H groups in total. The molecule has 1 heterocycles. The molecule has 30 heavy (non-hydrogen) atoms. The third kappa shape index (κ3) is 4.52. The van der Waals surface area contributed by atoms with Crippen LogP contribution in [0.5, 0.6) is 0 Å². The first-order chi connectivity index (χ1) is 14.1. The Morgan fingerprint density at radius 2 is 1.93 bits per heavy atom. The van der Waals surface area contributed by atoms with Gasteiger partial charge < -0.3 is 11.1 Å². The van der Waals surface area contributed by atoms with E-state index in [4.69, 9.17) is 5.73 Å². The molecule has 0 aliphatic heterocycles. The van der Waals surface area contributed by atoms with Gasteiger partial charge in [-0.15, -0.1) is 11.8 Å². The Morgan fingerprint density at radius 3 is 2.53 bits per heavy atom. The summed E-state index contributed by atoms with van der Waals surface area (Å²) in [6, 6.07) is 10.6. The molecule has 3 rings (SSSR count). The number of halogens is 2. The number of hydrogen-bond acceptors (Lipinski definition) is 6. The molecule has 0 atom stereocenters. The summed E-state index contributed by atoms with van der Waals surface area (Å²) in [5.41, 5.74) is 6.98. The van der Waals surface area contributed by atoms with Crippen LogP contribution in [-0.4, -0.2) is 30.4 Å². The average Bonchev–Trinajstić information content (AvgIpc) is 3.00. The standard InChI is InChI=1S/C19H18BrFN4O3S2/c1-11-3-6-13(7-4-11)30(27,28)17-18(22)25(24-19(17)29-2)10-16(26)23-15-8-5-12(20)9-14(15)21/h3-9H,10,22H2,1-2H3,(H,23,26). The van der Waals surface area contributed by atoms with Gasteiger partial charge in [0.25, 0.3) is 0 Å². The Hall–Kier alpha value is -2.37. The highest BCUT2D eigenvalue weighted by molar-refractivity contribution is 9.10. The fourth-order valence-corrected chi connectivity index (χ4v) is 5.46. The van der Waals surface area contributed by atoms with Crippen molar-refractivity contribution >= 4 is 54.9 Å². The van der Waals surface area contributed by atoms with Gasteiger partial charge in [-0.25, -0.2) is 17.5 Å². The lowest BCUT2D eigenvalue weighted by molar-refractivity contribution is -0.116. The molecule has 0 spiro atoms. The average molecular weight is 513 g/mol. The molecule has 0 aliphatic rings. The Bertz CT molecular complexity index is 1210. The van der Waals surface area contributed by atoms with Gasteiger partial charge in [0.1, 0.15) is 28.1 Å². The number of benzene rings is 2. The molecule has 158 valence electrons. The summed E-state index contributed by atoms with van der Waals surface area (Å²) in [4.78, 5) is 12.3. The van der Waals surface area contributed by atoms with E-state index in [1.54, 1.807) is 24.5 Å². The van der Waals surface area contributed by atoms with Crippen molar-refractivity contribution in [3.05, 3.63) is 58.3 Å². The molecule has 0 saturated carbocycles. The molecule has 0 radical (unpaired) electrons. The molecule has 0 aliphatic carbocycles. The van der Waals surface area contributed by atoms with Gasteiger partial charge in [-0.05, 0) is 43.5 Å². The van der Waals surface area contributed by atoms with Gasteiger partial charge in [0.05, 0.1) is 10.6 Å². The van der Waals surface area contributed by atoms with E-state index < -0.39 is 21.6 Å². The second kappa shape index (κ2) is 8.78. The first kappa shape index (κ1) is 22.3. The lowest BCUT2D eigenvalue weighted by atomic mass is 10.2. The Kier molecular flexibility index (Phi) is 6.53. The number of rotatable bonds is 6. The highest BCUT2D eigenvalue weighted by Crippen LogP contribution is 2.34. The van der Waals surface area contributed by atoms with E-state index in [-0.39, 0.29) is 32.9 Å². The number of hydrogen-bond donors (Lipinski definition) is 2. The lowest BCUT2D eigenvalue weighted by Crippen LogP contribution is -2.21. The van der Waals surface area contributed by atoms with E-state index in [1.165, 1.54) is 24.3 Å². The molecule has 0 bridgehead atoms. The van der Waals surface area contributed by atoms with E-state index in [0.717, 1.165) is 22.0 Å². The minimum atomic E-state index is -3.94. The molecule has 1 amide bonds. The van der Waals surface area contributed by atoms with Gasteiger partial charge in [-0.3, -0.25) is 4.79 Å². The van der Waals surface area contributed by atoms with Crippen molar-refractivity contribution in [2.24, 2.45) is 0 Å². The third-order valence-electron chi connectivity index (χ3n) is 4.21. The molecular weight excluding hydrogens is 495 g/mol. The molecule has 0 unspecified atom stereocenters. The molecule has 11 heteroatoms. The van der Waals surface area contributed by atoms with E-state index in [0.29, 0.717) is 4.47 Å². The maximum atomic E-state index is 13.9. The topological polar surface area (TPSA) is 107 Å². The number of nitrogens with one attached hydrogen (secondary N) is 1. The van der Waals surface area contributed by atoms with E-state index in [2.05, 4.69) is 26.3 Å². The second-order valence-electron chi connectivity index (χ2n) is 6.37. The zero-order chi connectivity index (χ0) is 22.1. The van der Waals surface area contributed by atoms with E-state index in [9.17, 15) is 17.6 Å². The molecular formula is C19H18BrFN4O3S2. The number of thioether (sulfide) groups is 1. The maximum absolute atomic E-state index is 13.9. The number of nitrogens with two attached hydrogens (primary N) is 1. The Labute approximate surface area is 185 Å². The second-order valence-corrected chi connectivity index (χ2v) is 9.97. The third-order valence-corrected chi connectivity index (χ3v) is 7.34. The van der Waals surface area contributed by atoms with Crippen molar-refractivity contribution in [1.29, 1.82) is 0 Å². The monoisotopic (exact) mass is 512 g/mol. The van der Waals surface area contributed by atoms with Crippen molar-refractivity contribution in [3.8, 4) is 0 Å². The van der Waals surface area contributed by atoms with Gasteiger partial charge in [-0.2, -0.15) is 5.10 Å². The summed E-state index contributed by atoms with van der Waals surface area (Å²) in [6.07, 6.45) is 1.66. The number of aromatic nitrogens is 2. The summed E-state index contributed by atoms with van der Waals surface area (Å²) in [6.45, 7) is 1.47. The number of aryl methyl sites for hydroxylation is 1. The summed E-state index contributed by atoms with van der Waals surface area (Å²) >= 11 is 4.25. The lowest BCUT2D eigenvalue weighted by Gasteiger charge is -2.09.